The summed E-state index contributed by atoms with van der Waals surface area (Å²) in [5, 5.41) is 4.38. The van der Waals surface area contributed by atoms with Crippen LogP contribution in [0.25, 0.3) is 0 Å². The van der Waals surface area contributed by atoms with Gasteiger partial charge in [-0.1, -0.05) is 23.7 Å². The van der Waals surface area contributed by atoms with Crippen molar-refractivity contribution >= 4 is 11.6 Å². The van der Waals surface area contributed by atoms with Crippen molar-refractivity contribution in [3.8, 4) is 0 Å². The predicted octanol–water partition coefficient (Wildman–Crippen LogP) is 3.22. The van der Waals surface area contributed by atoms with Crippen molar-refractivity contribution in [2.45, 2.75) is 39.3 Å². The fourth-order valence-corrected chi connectivity index (χ4v) is 2.82. The van der Waals surface area contributed by atoms with E-state index in [-0.39, 0.29) is 0 Å². The number of nitrogens with one attached hydrogen (secondary N) is 1. The van der Waals surface area contributed by atoms with Gasteiger partial charge in [-0.15, -0.1) is 0 Å². The molecule has 1 aliphatic rings. The lowest BCUT2D eigenvalue weighted by molar-refractivity contribution is 0.251. The largest absolute Gasteiger partial charge is 0.311 e. The van der Waals surface area contributed by atoms with Gasteiger partial charge in [0.25, 0.3) is 0 Å². The summed E-state index contributed by atoms with van der Waals surface area (Å²) in [6.45, 7) is 8.78. The highest BCUT2D eigenvalue weighted by atomic mass is 35.5. The first-order valence-corrected chi connectivity index (χ1v) is 7.24. The van der Waals surface area contributed by atoms with Gasteiger partial charge >= 0.3 is 0 Å². The predicted molar refractivity (Wildman–Crippen MR) is 78.2 cm³/mol. The average molecular weight is 267 g/mol. The highest BCUT2D eigenvalue weighted by molar-refractivity contribution is 6.31. The van der Waals surface area contributed by atoms with Crippen molar-refractivity contribution in [1.29, 1.82) is 0 Å². The maximum Gasteiger partial charge on any atom is 0.0453 e. The van der Waals surface area contributed by atoms with Crippen molar-refractivity contribution in [3.63, 3.8) is 0 Å². The van der Waals surface area contributed by atoms with Crippen LogP contribution in [0, 0.1) is 6.92 Å². The molecular weight excluding hydrogens is 244 g/mol. The lowest BCUT2D eigenvalue weighted by Gasteiger charge is -2.24. The number of nitrogens with zero attached hydrogens (tertiary/aromatic N) is 1. The van der Waals surface area contributed by atoms with Gasteiger partial charge in [-0.2, -0.15) is 0 Å². The van der Waals surface area contributed by atoms with Crippen LogP contribution in [0.3, 0.4) is 0 Å². The fourth-order valence-electron chi connectivity index (χ4n) is 2.52. The van der Waals surface area contributed by atoms with Crippen molar-refractivity contribution in [2.75, 3.05) is 19.6 Å². The smallest absolute Gasteiger partial charge is 0.0453 e. The maximum atomic E-state index is 6.22. The molecule has 18 heavy (non-hydrogen) atoms. The van der Waals surface area contributed by atoms with Crippen LogP contribution in [0.2, 0.25) is 5.02 Å². The van der Waals surface area contributed by atoms with Gasteiger partial charge in [0.1, 0.15) is 0 Å². The molecule has 0 aromatic heterocycles. The van der Waals surface area contributed by atoms with Crippen molar-refractivity contribution in [1.82, 2.24) is 10.2 Å². The quantitative estimate of drug-likeness (QED) is 0.880. The number of aryl methyl sites for hydroxylation is 1. The molecule has 1 fully saturated rings. The van der Waals surface area contributed by atoms with E-state index in [4.69, 9.17) is 11.6 Å². The summed E-state index contributed by atoms with van der Waals surface area (Å²) in [6, 6.07) is 6.89. The van der Waals surface area contributed by atoms with E-state index >= 15 is 0 Å². The molecule has 1 heterocycles. The van der Waals surface area contributed by atoms with E-state index in [1.807, 2.05) is 6.07 Å². The van der Waals surface area contributed by atoms with Crippen LogP contribution in [0.1, 0.15) is 30.9 Å². The Bertz CT molecular complexity index is 386. The molecule has 0 aliphatic carbocycles. The first kappa shape index (κ1) is 13.9. The Morgan fingerprint density at radius 3 is 2.72 bits per heavy atom. The monoisotopic (exact) mass is 266 g/mol. The van der Waals surface area contributed by atoms with E-state index in [0.717, 1.165) is 18.1 Å². The Balaban J connectivity index is 1.77. The van der Waals surface area contributed by atoms with Crippen molar-refractivity contribution < 1.29 is 0 Å². The number of rotatable bonds is 5. The highest BCUT2D eigenvalue weighted by Crippen LogP contribution is 2.17. The normalized spacial score (nSPS) is 18.2. The summed E-state index contributed by atoms with van der Waals surface area (Å²) in [5.41, 5.74) is 2.41. The molecule has 1 aromatic rings. The molecule has 1 aromatic carbocycles. The molecule has 3 heteroatoms. The summed E-state index contributed by atoms with van der Waals surface area (Å²) in [7, 11) is 0. The molecule has 2 nitrogen and oxygen atoms in total. The third-order valence-electron chi connectivity index (χ3n) is 3.73. The van der Waals surface area contributed by atoms with Gasteiger partial charge in [0.2, 0.25) is 0 Å². The zero-order chi connectivity index (χ0) is 13.0. The second-order valence-corrected chi connectivity index (χ2v) is 5.73. The molecule has 1 unspecified atom stereocenters. The Labute approximate surface area is 115 Å². The summed E-state index contributed by atoms with van der Waals surface area (Å²) in [4.78, 5) is 2.56. The second-order valence-electron chi connectivity index (χ2n) is 5.32. The molecule has 0 saturated carbocycles. The van der Waals surface area contributed by atoms with E-state index in [9.17, 15) is 0 Å². The minimum Gasteiger partial charge on any atom is -0.311 e. The molecule has 1 aliphatic heterocycles. The van der Waals surface area contributed by atoms with E-state index in [0.29, 0.717) is 6.04 Å². The van der Waals surface area contributed by atoms with Gasteiger partial charge in [0.15, 0.2) is 0 Å². The van der Waals surface area contributed by atoms with E-state index in [1.54, 1.807) is 0 Å². The lowest BCUT2D eigenvalue weighted by atomic mass is 10.1. The van der Waals surface area contributed by atoms with Crippen LogP contribution in [0.4, 0.5) is 0 Å². The SMILES string of the molecule is Cc1ccc(CNCC(C)N2CCCC2)c(Cl)c1. The molecule has 0 spiro atoms. The Kier molecular flexibility index (Phi) is 5.04. The Hall–Kier alpha value is -0.570. The number of likely N-dealkylation sites (tertiary alicyclic amines) is 1. The van der Waals surface area contributed by atoms with Gasteiger partial charge in [-0.25, -0.2) is 0 Å². The molecule has 0 bridgehead atoms. The first-order valence-electron chi connectivity index (χ1n) is 6.86. The molecule has 0 amide bonds. The summed E-state index contributed by atoms with van der Waals surface area (Å²) >= 11 is 6.22. The number of hydrogen-bond donors (Lipinski definition) is 1. The van der Waals surface area contributed by atoms with Crippen LogP contribution in [0.15, 0.2) is 18.2 Å². The van der Waals surface area contributed by atoms with Crippen molar-refractivity contribution in [3.05, 3.63) is 34.3 Å². The van der Waals surface area contributed by atoms with Gasteiger partial charge in [0, 0.05) is 24.2 Å². The Morgan fingerprint density at radius 1 is 1.33 bits per heavy atom. The number of halogens is 1. The molecule has 2 rings (SSSR count). The third kappa shape index (κ3) is 3.71. The van der Waals surface area contributed by atoms with Gasteiger partial charge in [-0.3, -0.25) is 4.90 Å². The van der Waals surface area contributed by atoms with Gasteiger partial charge in [-0.05, 0) is 57.0 Å². The van der Waals surface area contributed by atoms with Crippen LogP contribution < -0.4 is 5.32 Å². The zero-order valence-corrected chi connectivity index (χ0v) is 12.1. The number of benzene rings is 1. The topological polar surface area (TPSA) is 15.3 Å². The molecule has 1 saturated heterocycles. The van der Waals surface area contributed by atoms with Crippen LogP contribution in [-0.4, -0.2) is 30.6 Å². The second kappa shape index (κ2) is 6.55. The van der Waals surface area contributed by atoms with Crippen LogP contribution in [-0.2, 0) is 6.54 Å². The average Bonchev–Trinajstić information content (AvgIpc) is 2.85. The van der Waals surface area contributed by atoms with E-state index in [2.05, 4.69) is 36.2 Å². The molecule has 0 radical (unpaired) electrons. The molecular formula is C15H23ClN2. The molecule has 1 atom stereocenters. The van der Waals surface area contributed by atoms with Gasteiger partial charge in [0.05, 0.1) is 0 Å². The van der Waals surface area contributed by atoms with E-state index in [1.165, 1.54) is 37.1 Å². The number of hydrogen-bond acceptors (Lipinski definition) is 2. The summed E-state index contributed by atoms with van der Waals surface area (Å²) < 4.78 is 0. The standard InChI is InChI=1S/C15H23ClN2/c1-12-5-6-14(15(16)9-12)11-17-10-13(2)18-7-3-4-8-18/h5-6,9,13,17H,3-4,7-8,10-11H2,1-2H3. The maximum absolute atomic E-state index is 6.22. The van der Waals surface area contributed by atoms with Crippen LogP contribution >= 0.6 is 11.6 Å². The highest BCUT2D eigenvalue weighted by Gasteiger charge is 2.17. The summed E-state index contributed by atoms with van der Waals surface area (Å²) in [6.07, 6.45) is 2.71. The third-order valence-corrected chi connectivity index (χ3v) is 4.08. The lowest BCUT2D eigenvalue weighted by Crippen LogP contribution is -2.38. The zero-order valence-electron chi connectivity index (χ0n) is 11.4. The first-order chi connectivity index (χ1) is 8.66. The Morgan fingerprint density at radius 2 is 2.06 bits per heavy atom. The molecule has 1 N–H and O–H groups in total. The van der Waals surface area contributed by atoms with Crippen LogP contribution in [0.5, 0.6) is 0 Å². The van der Waals surface area contributed by atoms with Crippen molar-refractivity contribution in [2.24, 2.45) is 0 Å². The van der Waals surface area contributed by atoms with Gasteiger partial charge < -0.3 is 5.32 Å². The fraction of sp³-hybridized carbons (Fsp3) is 0.600. The minimum atomic E-state index is 0.622. The molecule has 100 valence electrons. The van der Waals surface area contributed by atoms with E-state index < -0.39 is 0 Å². The minimum absolute atomic E-state index is 0.622. The summed E-state index contributed by atoms with van der Waals surface area (Å²) in [5.74, 6) is 0.